The van der Waals surface area contributed by atoms with E-state index in [0.29, 0.717) is 5.56 Å². The Hall–Kier alpha value is -2.49. The van der Waals surface area contributed by atoms with Gasteiger partial charge in [0.15, 0.2) is 0 Å². The number of hydrogen-bond acceptors (Lipinski definition) is 2. The molecule has 2 aromatic rings. The van der Waals surface area contributed by atoms with Crippen molar-refractivity contribution in [2.24, 2.45) is 0 Å². The zero-order valence-corrected chi connectivity index (χ0v) is 8.82. The number of aliphatic carboxylic acids is 1. The number of alkyl halides is 3. The van der Waals surface area contributed by atoms with E-state index in [0.717, 1.165) is 10.9 Å². The summed E-state index contributed by atoms with van der Waals surface area (Å²) in [6, 6.07) is 9.75. The lowest BCUT2D eigenvalue weighted by Gasteiger charge is -1.93. The molecule has 7 heteroatoms. The molecule has 94 valence electrons. The lowest BCUT2D eigenvalue weighted by atomic mass is 10.2. The predicted molar refractivity (Wildman–Crippen MR) is 56.7 cm³/mol. The first-order valence-electron chi connectivity index (χ1n) is 4.62. The molecule has 0 bridgehead atoms. The smallest absolute Gasteiger partial charge is 0.475 e. The van der Waals surface area contributed by atoms with Crippen LogP contribution in [-0.4, -0.2) is 22.2 Å². The van der Waals surface area contributed by atoms with Crippen LogP contribution in [0.3, 0.4) is 0 Å². The Morgan fingerprint density at radius 2 is 1.94 bits per heavy atom. The number of aromatic amines is 1. The maximum atomic E-state index is 10.6. The topological polar surface area (TPSA) is 76.9 Å². The predicted octanol–water partition coefficient (Wildman–Crippen LogP) is 2.67. The van der Waals surface area contributed by atoms with Gasteiger partial charge in [0.25, 0.3) is 0 Å². The maximum absolute atomic E-state index is 10.6. The molecule has 0 aliphatic carbocycles. The van der Waals surface area contributed by atoms with E-state index in [1.54, 1.807) is 6.07 Å². The largest absolute Gasteiger partial charge is 0.490 e. The van der Waals surface area contributed by atoms with Gasteiger partial charge in [-0.2, -0.15) is 18.4 Å². The molecule has 0 saturated carbocycles. The molecule has 0 saturated heterocycles. The average Bonchev–Trinajstić information content (AvgIpc) is 2.76. The first kappa shape index (κ1) is 13.6. The van der Waals surface area contributed by atoms with Gasteiger partial charge in [-0.05, 0) is 12.1 Å². The van der Waals surface area contributed by atoms with Gasteiger partial charge >= 0.3 is 12.1 Å². The number of nitrogens with zero attached hydrogens (tertiary/aromatic N) is 1. The molecular weight excluding hydrogens is 249 g/mol. The third kappa shape index (κ3) is 3.25. The Morgan fingerprint density at radius 1 is 1.33 bits per heavy atom. The van der Waals surface area contributed by atoms with E-state index in [2.05, 4.69) is 11.1 Å². The standard InChI is InChI=1S/C9H6N2.C2HF3O2/c10-6-8-3-1-2-7-4-5-11-9(7)8;3-2(4,5)1(6)7/h1-5,11H;(H,6,7). The fraction of sp³-hybridized carbons (Fsp3) is 0.0909. The minimum Gasteiger partial charge on any atom is -0.475 e. The molecule has 0 spiro atoms. The van der Waals surface area contributed by atoms with Crippen molar-refractivity contribution in [2.75, 3.05) is 0 Å². The quantitative estimate of drug-likeness (QED) is 0.760. The molecule has 2 rings (SSSR count). The number of halogens is 3. The highest BCUT2D eigenvalue weighted by atomic mass is 19.4. The van der Waals surface area contributed by atoms with Crippen molar-refractivity contribution in [2.45, 2.75) is 6.18 Å². The summed E-state index contributed by atoms with van der Waals surface area (Å²) in [5, 5.41) is 16.9. The molecule has 0 fully saturated rings. The number of carbonyl (C=O) groups is 1. The summed E-state index contributed by atoms with van der Waals surface area (Å²) in [6.45, 7) is 0. The van der Waals surface area contributed by atoms with Crippen molar-refractivity contribution in [1.29, 1.82) is 5.26 Å². The number of rotatable bonds is 0. The van der Waals surface area contributed by atoms with E-state index in [9.17, 15) is 13.2 Å². The number of fused-ring (bicyclic) bond motifs is 1. The zero-order valence-electron chi connectivity index (χ0n) is 8.82. The van der Waals surface area contributed by atoms with Gasteiger partial charge in [-0.15, -0.1) is 0 Å². The van der Waals surface area contributed by atoms with Crippen molar-refractivity contribution in [1.82, 2.24) is 4.98 Å². The van der Waals surface area contributed by atoms with Gasteiger partial charge in [0.1, 0.15) is 6.07 Å². The molecular formula is C11H7F3N2O2. The molecule has 0 radical (unpaired) electrons. The van der Waals surface area contributed by atoms with E-state index in [1.807, 2.05) is 24.4 Å². The first-order valence-corrected chi connectivity index (χ1v) is 4.62. The second-order valence-electron chi connectivity index (χ2n) is 3.16. The molecule has 2 N–H and O–H groups in total. The number of para-hydroxylation sites is 1. The van der Waals surface area contributed by atoms with E-state index < -0.39 is 12.1 Å². The van der Waals surface area contributed by atoms with Crippen molar-refractivity contribution in [3.8, 4) is 6.07 Å². The Balaban J connectivity index is 0.000000203. The molecule has 4 nitrogen and oxygen atoms in total. The molecule has 0 unspecified atom stereocenters. The van der Waals surface area contributed by atoms with Crippen LogP contribution in [0.4, 0.5) is 13.2 Å². The van der Waals surface area contributed by atoms with Gasteiger partial charge in [0.2, 0.25) is 0 Å². The Kier molecular flexibility index (Phi) is 3.94. The van der Waals surface area contributed by atoms with Gasteiger partial charge in [-0.25, -0.2) is 4.79 Å². The minimum atomic E-state index is -5.08. The van der Waals surface area contributed by atoms with Crippen LogP contribution in [0.25, 0.3) is 10.9 Å². The third-order valence-corrected chi connectivity index (χ3v) is 1.95. The number of hydrogen-bond donors (Lipinski definition) is 2. The second-order valence-corrected chi connectivity index (χ2v) is 3.16. The van der Waals surface area contributed by atoms with Crippen LogP contribution in [0, 0.1) is 11.3 Å². The van der Waals surface area contributed by atoms with Crippen molar-refractivity contribution >= 4 is 16.9 Å². The summed E-state index contributed by atoms with van der Waals surface area (Å²) in [5.74, 6) is -2.76. The molecule has 18 heavy (non-hydrogen) atoms. The maximum Gasteiger partial charge on any atom is 0.490 e. The van der Waals surface area contributed by atoms with Crippen LogP contribution in [0.1, 0.15) is 5.56 Å². The number of aromatic nitrogens is 1. The fourth-order valence-corrected chi connectivity index (χ4v) is 1.18. The molecule has 1 aromatic heterocycles. The van der Waals surface area contributed by atoms with Gasteiger partial charge in [0.05, 0.1) is 11.1 Å². The fourth-order valence-electron chi connectivity index (χ4n) is 1.18. The molecule has 0 aliphatic rings. The van der Waals surface area contributed by atoms with Crippen LogP contribution in [0.5, 0.6) is 0 Å². The second kappa shape index (κ2) is 5.23. The number of H-pyrrole nitrogens is 1. The Labute approximate surface area is 99.3 Å². The summed E-state index contributed by atoms with van der Waals surface area (Å²) in [5.41, 5.74) is 1.63. The summed E-state index contributed by atoms with van der Waals surface area (Å²) in [4.78, 5) is 11.9. The van der Waals surface area contributed by atoms with Gasteiger partial charge in [-0.3, -0.25) is 0 Å². The minimum absolute atomic E-state index is 0.701. The molecule has 0 atom stereocenters. The highest BCUT2D eigenvalue weighted by molar-refractivity contribution is 5.84. The van der Waals surface area contributed by atoms with Gasteiger partial charge in [0, 0.05) is 11.6 Å². The van der Waals surface area contributed by atoms with Crippen LogP contribution in [0.15, 0.2) is 30.5 Å². The number of benzene rings is 1. The number of carboxylic acid groups (broad SMARTS) is 1. The van der Waals surface area contributed by atoms with Gasteiger partial charge in [-0.1, -0.05) is 12.1 Å². The average molecular weight is 256 g/mol. The Morgan fingerprint density at radius 3 is 2.44 bits per heavy atom. The van der Waals surface area contributed by atoms with Crippen molar-refractivity contribution in [3.63, 3.8) is 0 Å². The van der Waals surface area contributed by atoms with Crippen LogP contribution in [0.2, 0.25) is 0 Å². The number of carboxylic acids is 1. The third-order valence-electron chi connectivity index (χ3n) is 1.95. The summed E-state index contributed by atoms with van der Waals surface area (Å²) < 4.78 is 31.7. The summed E-state index contributed by atoms with van der Waals surface area (Å²) in [6.07, 6.45) is -3.24. The molecule has 0 amide bonds. The van der Waals surface area contributed by atoms with Crippen LogP contribution < -0.4 is 0 Å². The number of nitriles is 1. The van der Waals surface area contributed by atoms with Crippen molar-refractivity contribution in [3.05, 3.63) is 36.0 Å². The van der Waals surface area contributed by atoms with Crippen LogP contribution in [-0.2, 0) is 4.79 Å². The first-order chi connectivity index (χ1) is 8.36. The van der Waals surface area contributed by atoms with Crippen molar-refractivity contribution < 1.29 is 23.1 Å². The van der Waals surface area contributed by atoms with E-state index >= 15 is 0 Å². The highest BCUT2D eigenvalue weighted by Gasteiger charge is 2.38. The van der Waals surface area contributed by atoms with E-state index in [4.69, 9.17) is 15.2 Å². The Bertz CT molecular complexity index is 596. The monoisotopic (exact) mass is 256 g/mol. The SMILES string of the molecule is N#Cc1cccc2cc[nH]c12.O=C(O)C(F)(F)F. The molecule has 0 aliphatic heterocycles. The normalized spacial score (nSPS) is 10.3. The molecule has 1 heterocycles. The van der Waals surface area contributed by atoms with E-state index in [1.165, 1.54) is 0 Å². The molecule has 1 aromatic carbocycles. The zero-order chi connectivity index (χ0) is 13.8. The lowest BCUT2D eigenvalue weighted by molar-refractivity contribution is -0.192. The number of nitrogens with one attached hydrogen (secondary N) is 1. The highest BCUT2D eigenvalue weighted by Crippen LogP contribution is 2.15. The van der Waals surface area contributed by atoms with Gasteiger partial charge < -0.3 is 10.1 Å². The lowest BCUT2D eigenvalue weighted by Crippen LogP contribution is -2.21. The summed E-state index contributed by atoms with van der Waals surface area (Å²) in [7, 11) is 0. The summed E-state index contributed by atoms with van der Waals surface area (Å²) >= 11 is 0. The van der Waals surface area contributed by atoms with Crippen LogP contribution >= 0.6 is 0 Å². The van der Waals surface area contributed by atoms with E-state index in [-0.39, 0.29) is 0 Å².